The summed E-state index contributed by atoms with van der Waals surface area (Å²) < 4.78 is 0. The highest BCUT2D eigenvalue weighted by atomic mass is 127. The van der Waals surface area contributed by atoms with E-state index in [0.717, 1.165) is 25.1 Å². The summed E-state index contributed by atoms with van der Waals surface area (Å²) in [5.41, 5.74) is 9.38. The summed E-state index contributed by atoms with van der Waals surface area (Å²) in [5, 5.41) is 3.08. The van der Waals surface area contributed by atoms with Gasteiger partial charge >= 0.3 is 0 Å². The Morgan fingerprint density at radius 1 is 1.04 bits per heavy atom. The minimum atomic E-state index is 0. The van der Waals surface area contributed by atoms with E-state index in [1.807, 2.05) is 44.4 Å². The van der Waals surface area contributed by atoms with Gasteiger partial charge in [0.05, 0.1) is 0 Å². The molecule has 124 valence electrons. The van der Waals surface area contributed by atoms with Crippen LogP contribution in [0.15, 0.2) is 59.6 Å². The molecule has 2 rings (SSSR count). The van der Waals surface area contributed by atoms with Crippen LogP contribution in [-0.2, 0) is 6.42 Å². The lowest BCUT2D eigenvalue weighted by atomic mass is 10.1. The van der Waals surface area contributed by atoms with Crippen molar-refractivity contribution in [2.24, 2.45) is 10.7 Å². The first-order valence-electron chi connectivity index (χ1n) is 7.53. The van der Waals surface area contributed by atoms with Gasteiger partial charge < -0.3 is 16.0 Å². The van der Waals surface area contributed by atoms with Gasteiger partial charge in [-0.05, 0) is 42.7 Å². The van der Waals surface area contributed by atoms with E-state index in [-0.39, 0.29) is 24.0 Å². The number of para-hydroxylation sites is 1. The van der Waals surface area contributed by atoms with E-state index in [1.54, 1.807) is 0 Å². The monoisotopic (exact) mass is 424 g/mol. The number of hydrogen-bond acceptors (Lipinski definition) is 2. The Balaban J connectivity index is 0.00000264. The van der Waals surface area contributed by atoms with Gasteiger partial charge in [0, 0.05) is 32.0 Å². The second kappa shape index (κ2) is 10.1. The number of guanidine groups is 1. The largest absolute Gasteiger partial charge is 0.378 e. The summed E-state index contributed by atoms with van der Waals surface area (Å²) in [4.78, 5) is 6.46. The van der Waals surface area contributed by atoms with Gasteiger partial charge in [-0.2, -0.15) is 0 Å². The summed E-state index contributed by atoms with van der Waals surface area (Å²) in [7, 11) is 4.10. The molecule has 2 aromatic carbocycles. The highest BCUT2D eigenvalue weighted by molar-refractivity contribution is 14.0. The van der Waals surface area contributed by atoms with Crippen molar-refractivity contribution in [3.8, 4) is 0 Å². The molecular formula is C18H25IN4. The Bertz CT molecular complexity index is 594. The van der Waals surface area contributed by atoms with Crippen LogP contribution in [0.5, 0.6) is 0 Å². The van der Waals surface area contributed by atoms with Crippen molar-refractivity contribution < 1.29 is 0 Å². The van der Waals surface area contributed by atoms with Crippen molar-refractivity contribution in [3.63, 3.8) is 0 Å². The first-order valence-corrected chi connectivity index (χ1v) is 7.53. The maximum atomic E-state index is 5.87. The van der Waals surface area contributed by atoms with Crippen LogP contribution >= 0.6 is 24.0 Å². The average molecular weight is 424 g/mol. The lowest BCUT2D eigenvalue weighted by molar-refractivity contribution is 0.832. The fourth-order valence-electron chi connectivity index (χ4n) is 2.15. The molecule has 0 aliphatic heterocycles. The van der Waals surface area contributed by atoms with Gasteiger partial charge in [-0.15, -0.1) is 24.0 Å². The van der Waals surface area contributed by atoms with E-state index in [0.29, 0.717) is 5.96 Å². The number of aryl methyl sites for hydroxylation is 1. The third-order valence-corrected chi connectivity index (χ3v) is 3.40. The van der Waals surface area contributed by atoms with Crippen molar-refractivity contribution in [1.82, 2.24) is 0 Å². The smallest absolute Gasteiger partial charge is 0.193 e. The highest BCUT2D eigenvalue weighted by Gasteiger charge is 1.97. The number of aliphatic imine (C=N–C) groups is 1. The molecule has 23 heavy (non-hydrogen) atoms. The van der Waals surface area contributed by atoms with E-state index in [4.69, 9.17) is 5.73 Å². The van der Waals surface area contributed by atoms with E-state index in [9.17, 15) is 0 Å². The molecule has 0 heterocycles. The summed E-state index contributed by atoms with van der Waals surface area (Å²) in [6.45, 7) is 0.723. The van der Waals surface area contributed by atoms with Crippen LogP contribution in [0, 0.1) is 0 Å². The number of halogens is 1. The van der Waals surface area contributed by atoms with Gasteiger partial charge in [-0.25, -0.2) is 0 Å². The lowest BCUT2D eigenvalue weighted by Crippen LogP contribution is -2.22. The van der Waals surface area contributed by atoms with Gasteiger partial charge in [0.25, 0.3) is 0 Å². The molecule has 0 aliphatic carbocycles. The number of nitrogens with zero attached hydrogens (tertiary/aromatic N) is 2. The third-order valence-electron chi connectivity index (χ3n) is 3.40. The minimum Gasteiger partial charge on any atom is -0.378 e. The molecule has 0 aromatic heterocycles. The Kier molecular flexibility index (Phi) is 8.47. The SMILES string of the molecule is CN(C)c1ccc(CCCN=C(N)Nc2ccccc2)cc1.I. The highest BCUT2D eigenvalue weighted by Crippen LogP contribution is 2.13. The number of hydrogen-bond donors (Lipinski definition) is 2. The van der Waals surface area contributed by atoms with Crippen LogP contribution < -0.4 is 16.0 Å². The van der Waals surface area contributed by atoms with E-state index in [2.05, 4.69) is 39.5 Å². The van der Waals surface area contributed by atoms with Crippen molar-refractivity contribution >= 4 is 41.3 Å². The molecule has 0 saturated carbocycles. The quantitative estimate of drug-likeness (QED) is 0.322. The van der Waals surface area contributed by atoms with Gasteiger partial charge in [0.2, 0.25) is 0 Å². The van der Waals surface area contributed by atoms with Gasteiger partial charge in [0.1, 0.15) is 0 Å². The lowest BCUT2D eigenvalue weighted by Gasteiger charge is -2.12. The molecule has 0 spiro atoms. The zero-order valence-electron chi connectivity index (χ0n) is 13.7. The Morgan fingerprint density at radius 2 is 1.70 bits per heavy atom. The fourth-order valence-corrected chi connectivity index (χ4v) is 2.15. The van der Waals surface area contributed by atoms with Crippen LogP contribution in [0.2, 0.25) is 0 Å². The van der Waals surface area contributed by atoms with Crippen LogP contribution in [0.3, 0.4) is 0 Å². The standard InChI is InChI=1S/C18H24N4.HI/c1-22(2)17-12-10-15(11-13-17)7-6-14-20-18(19)21-16-8-4-3-5-9-16;/h3-5,8-13H,6-7,14H2,1-2H3,(H3,19,20,21);1H. The molecule has 0 radical (unpaired) electrons. The van der Waals surface area contributed by atoms with Gasteiger partial charge in [0.15, 0.2) is 5.96 Å². The molecule has 0 aliphatic rings. The Morgan fingerprint density at radius 3 is 2.30 bits per heavy atom. The summed E-state index contributed by atoms with van der Waals surface area (Å²) in [6.07, 6.45) is 1.99. The van der Waals surface area contributed by atoms with E-state index < -0.39 is 0 Å². The maximum absolute atomic E-state index is 5.87. The first kappa shape index (κ1) is 19.3. The van der Waals surface area contributed by atoms with Gasteiger partial charge in [-0.3, -0.25) is 4.99 Å². The van der Waals surface area contributed by atoms with Gasteiger partial charge in [-0.1, -0.05) is 30.3 Å². The number of nitrogens with two attached hydrogens (primary N) is 1. The molecule has 0 fully saturated rings. The molecule has 0 atom stereocenters. The molecule has 3 N–H and O–H groups in total. The molecule has 0 unspecified atom stereocenters. The van der Waals surface area contributed by atoms with Crippen LogP contribution in [0.25, 0.3) is 0 Å². The van der Waals surface area contributed by atoms with Crippen molar-refractivity contribution in [2.75, 3.05) is 30.9 Å². The van der Waals surface area contributed by atoms with E-state index >= 15 is 0 Å². The summed E-state index contributed by atoms with van der Waals surface area (Å²) in [6, 6.07) is 18.5. The predicted molar refractivity (Wildman–Crippen MR) is 111 cm³/mol. The molecular weight excluding hydrogens is 399 g/mol. The third kappa shape index (κ3) is 6.90. The Labute approximate surface area is 155 Å². The second-order valence-corrected chi connectivity index (χ2v) is 5.42. The fraction of sp³-hybridized carbons (Fsp3) is 0.278. The number of rotatable bonds is 6. The second-order valence-electron chi connectivity index (χ2n) is 5.42. The molecule has 2 aromatic rings. The zero-order chi connectivity index (χ0) is 15.8. The molecule has 0 saturated heterocycles. The topological polar surface area (TPSA) is 53.6 Å². The van der Waals surface area contributed by atoms with Crippen molar-refractivity contribution in [1.29, 1.82) is 0 Å². The van der Waals surface area contributed by atoms with Crippen molar-refractivity contribution in [2.45, 2.75) is 12.8 Å². The summed E-state index contributed by atoms with van der Waals surface area (Å²) >= 11 is 0. The normalized spacial score (nSPS) is 10.8. The zero-order valence-corrected chi connectivity index (χ0v) is 16.0. The average Bonchev–Trinajstić information content (AvgIpc) is 2.53. The minimum absolute atomic E-state index is 0. The predicted octanol–water partition coefficient (Wildman–Crippen LogP) is 3.73. The van der Waals surface area contributed by atoms with Crippen molar-refractivity contribution in [3.05, 3.63) is 60.2 Å². The van der Waals surface area contributed by atoms with Crippen LogP contribution in [0.4, 0.5) is 11.4 Å². The van der Waals surface area contributed by atoms with Crippen LogP contribution in [-0.4, -0.2) is 26.6 Å². The molecule has 4 nitrogen and oxygen atoms in total. The first-order chi connectivity index (χ1) is 10.6. The molecule has 0 amide bonds. The van der Waals surface area contributed by atoms with E-state index in [1.165, 1.54) is 11.3 Å². The van der Waals surface area contributed by atoms with Crippen LogP contribution in [0.1, 0.15) is 12.0 Å². The number of nitrogens with one attached hydrogen (secondary N) is 1. The summed E-state index contributed by atoms with van der Waals surface area (Å²) in [5.74, 6) is 0.467. The maximum Gasteiger partial charge on any atom is 0.193 e. The number of anilines is 2. The molecule has 0 bridgehead atoms. The molecule has 5 heteroatoms. The number of benzene rings is 2. The Hall–Kier alpha value is -1.76.